The Morgan fingerprint density at radius 1 is 0.429 bits per heavy atom. The first-order valence-electron chi connectivity index (χ1n) is 19.3. The van der Waals surface area contributed by atoms with E-state index < -0.39 is 0 Å². The molecule has 1 aliphatic heterocycles. The highest BCUT2D eigenvalue weighted by atomic mass is 15.3. The van der Waals surface area contributed by atoms with E-state index in [9.17, 15) is 0 Å². The number of anilines is 3. The number of nitrogens with one attached hydrogen (secondary N) is 1. The second kappa shape index (κ2) is 14.8. The molecule has 1 atom stereocenters. The molecule has 272 valence electrons. The standard InChI is InChI=1S/C51H43N5/c1-33(2)51-52-46-11-7-8-12-47(46)56(51)43-31-29-37(30-32-43)36-21-23-38(24-22-36)44-9-5-6-10-45(44)39-25-27-42(28-26-39)50-54-48(40-17-13-34(3)14-18-40)53-49(55-50)41-19-15-35(4)16-20-41/h5-33,51-52H,1-4H3. The van der Waals surface area contributed by atoms with Gasteiger partial charge in [0, 0.05) is 22.4 Å². The minimum Gasteiger partial charge on any atom is -0.363 e. The molecule has 1 aromatic heterocycles. The van der Waals surface area contributed by atoms with Gasteiger partial charge in [0.1, 0.15) is 6.17 Å². The summed E-state index contributed by atoms with van der Waals surface area (Å²) in [4.78, 5) is 17.3. The van der Waals surface area contributed by atoms with Gasteiger partial charge in [-0.2, -0.15) is 0 Å². The largest absolute Gasteiger partial charge is 0.363 e. The van der Waals surface area contributed by atoms with Crippen molar-refractivity contribution >= 4 is 17.1 Å². The molecule has 5 heteroatoms. The van der Waals surface area contributed by atoms with Crippen molar-refractivity contribution in [1.82, 2.24) is 15.0 Å². The van der Waals surface area contributed by atoms with E-state index in [0.717, 1.165) is 22.3 Å². The third kappa shape index (κ3) is 6.84. The maximum atomic E-state index is 4.96. The minimum atomic E-state index is 0.214. The fourth-order valence-electron chi connectivity index (χ4n) is 7.55. The molecule has 1 N–H and O–H groups in total. The highest BCUT2D eigenvalue weighted by Gasteiger charge is 2.31. The van der Waals surface area contributed by atoms with Crippen molar-refractivity contribution in [2.45, 2.75) is 33.9 Å². The van der Waals surface area contributed by atoms with Crippen LogP contribution in [0.2, 0.25) is 0 Å². The van der Waals surface area contributed by atoms with Crippen LogP contribution in [0, 0.1) is 19.8 Å². The predicted octanol–water partition coefficient (Wildman–Crippen LogP) is 13.0. The first kappa shape index (κ1) is 34.9. The van der Waals surface area contributed by atoms with E-state index in [1.807, 2.05) is 0 Å². The molecule has 5 nitrogen and oxygen atoms in total. The average molecular weight is 726 g/mol. The summed E-state index contributed by atoms with van der Waals surface area (Å²) in [6.45, 7) is 8.70. The lowest BCUT2D eigenvalue weighted by Gasteiger charge is -2.30. The number of fused-ring (bicyclic) bond motifs is 1. The number of benzene rings is 7. The lowest BCUT2D eigenvalue weighted by atomic mass is 9.93. The summed E-state index contributed by atoms with van der Waals surface area (Å²) in [5.74, 6) is 2.42. The van der Waals surface area contributed by atoms with E-state index in [1.54, 1.807) is 0 Å². The zero-order valence-corrected chi connectivity index (χ0v) is 32.1. The Labute approximate surface area is 329 Å². The number of aromatic nitrogens is 3. The normalized spacial score (nSPS) is 13.4. The molecule has 0 aliphatic carbocycles. The quantitative estimate of drug-likeness (QED) is 0.169. The van der Waals surface area contributed by atoms with Crippen LogP contribution < -0.4 is 10.2 Å². The van der Waals surface area contributed by atoms with Crippen LogP contribution in [-0.4, -0.2) is 21.1 Å². The second-order valence-electron chi connectivity index (χ2n) is 15.0. The molecular weight excluding hydrogens is 683 g/mol. The zero-order chi connectivity index (χ0) is 38.2. The molecule has 7 aromatic carbocycles. The molecule has 0 fully saturated rings. The first-order chi connectivity index (χ1) is 27.4. The van der Waals surface area contributed by atoms with Crippen molar-refractivity contribution in [3.05, 3.63) is 181 Å². The highest BCUT2D eigenvalue weighted by Crippen LogP contribution is 2.42. The number of aryl methyl sites for hydroxylation is 2. The molecule has 8 aromatic rings. The van der Waals surface area contributed by atoms with Crippen LogP contribution in [0.25, 0.3) is 67.5 Å². The van der Waals surface area contributed by atoms with Gasteiger partial charge in [-0.3, -0.25) is 0 Å². The van der Waals surface area contributed by atoms with E-state index in [4.69, 9.17) is 15.0 Å². The Bertz CT molecular complexity index is 2560. The van der Waals surface area contributed by atoms with Gasteiger partial charge in [0.25, 0.3) is 0 Å². The van der Waals surface area contributed by atoms with E-state index in [-0.39, 0.29) is 6.17 Å². The van der Waals surface area contributed by atoms with Gasteiger partial charge in [-0.25, -0.2) is 15.0 Å². The van der Waals surface area contributed by atoms with Crippen molar-refractivity contribution in [3.8, 4) is 67.5 Å². The van der Waals surface area contributed by atoms with Crippen LogP contribution >= 0.6 is 0 Å². The third-order valence-corrected chi connectivity index (χ3v) is 10.7. The molecule has 0 amide bonds. The minimum absolute atomic E-state index is 0.214. The Kier molecular flexibility index (Phi) is 9.20. The molecule has 0 radical (unpaired) electrons. The Morgan fingerprint density at radius 2 is 0.804 bits per heavy atom. The lowest BCUT2D eigenvalue weighted by molar-refractivity contribution is 0.543. The SMILES string of the molecule is Cc1ccc(-c2nc(-c3ccc(C)cc3)nc(-c3ccc(-c4ccccc4-c4ccc(-c5ccc(N6c7ccccc7NC6C(C)C)cc5)cc4)cc3)n2)cc1. The zero-order valence-electron chi connectivity index (χ0n) is 32.1. The van der Waals surface area contributed by atoms with Crippen molar-refractivity contribution in [3.63, 3.8) is 0 Å². The number of hydrogen-bond acceptors (Lipinski definition) is 5. The van der Waals surface area contributed by atoms with Crippen LogP contribution in [-0.2, 0) is 0 Å². The summed E-state index contributed by atoms with van der Waals surface area (Å²) in [5.41, 5.74) is 15.9. The molecule has 1 unspecified atom stereocenters. The van der Waals surface area contributed by atoms with Gasteiger partial charge in [-0.1, -0.05) is 171 Å². The van der Waals surface area contributed by atoms with Gasteiger partial charge in [-0.05, 0) is 77.4 Å². The molecular formula is C51H43N5. The van der Waals surface area contributed by atoms with Crippen molar-refractivity contribution in [2.24, 2.45) is 5.92 Å². The summed E-state index contributed by atoms with van der Waals surface area (Å²) in [6.07, 6.45) is 0.214. The molecule has 2 heterocycles. The Hall–Kier alpha value is -6.85. The molecule has 0 saturated carbocycles. The van der Waals surface area contributed by atoms with Gasteiger partial charge >= 0.3 is 0 Å². The van der Waals surface area contributed by atoms with Gasteiger partial charge in [0.2, 0.25) is 0 Å². The molecule has 1 aliphatic rings. The molecule has 0 saturated heterocycles. The number of para-hydroxylation sites is 2. The number of hydrogen-bond donors (Lipinski definition) is 1. The number of nitrogens with zero attached hydrogens (tertiary/aromatic N) is 4. The average Bonchev–Trinajstić information content (AvgIpc) is 3.65. The van der Waals surface area contributed by atoms with E-state index in [2.05, 4.69) is 208 Å². The molecule has 56 heavy (non-hydrogen) atoms. The van der Waals surface area contributed by atoms with Crippen LogP contribution in [0.15, 0.2) is 170 Å². The summed E-state index contributed by atoms with van der Waals surface area (Å²) in [5, 5.41) is 3.71. The third-order valence-electron chi connectivity index (χ3n) is 10.7. The van der Waals surface area contributed by atoms with Crippen LogP contribution in [0.5, 0.6) is 0 Å². The highest BCUT2D eigenvalue weighted by molar-refractivity contribution is 5.86. The fourth-order valence-corrected chi connectivity index (χ4v) is 7.55. The molecule has 0 bridgehead atoms. The van der Waals surface area contributed by atoms with Crippen LogP contribution in [0.4, 0.5) is 17.1 Å². The fraction of sp³-hybridized carbons (Fsp3) is 0.118. The predicted molar refractivity (Wildman–Crippen MR) is 233 cm³/mol. The monoisotopic (exact) mass is 725 g/mol. The van der Waals surface area contributed by atoms with Crippen LogP contribution in [0.3, 0.4) is 0 Å². The number of rotatable bonds is 8. The van der Waals surface area contributed by atoms with Gasteiger partial charge in [0.05, 0.1) is 11.4 Å². The summed E-state index contributed by atoms with van der Waals surface area (Å²) in [7, 11) is 0. The van der Waals surface area contributed by atoms with Gasteiger partial charge in [-0.15, -0.1) is 0 Å². The van der Waals surface area contributed by atoms with Crippen molar-refractivity contribution in [1.29, 1.82) is 0 Å². The Morgan fingerprint density at radius 3 is 1.27 bits per heavy atom. The summed E-state index contributed by atoms with van der Waals surface area (Å²) >= 11 is 0. The Balaban J connectivity index is 0.985. The maximum Gasteiger partial charge on any atom is 0.164 e. The second-order valence-corrected chi connectivity index (χ2v) is 15.0. The smallest absolute Gasteiger partial charge is 0.164 e. The topological polar surface area (TPSA) is 53.9 Å². The lowest BCUT2D eigenvalue weighted by Crippen LogP contribution is -2.36. The van der Waals surface area contributed by atoms with E-state index in [0.29, 0.717) is 23.4 Å². The molecule has 9 rings (SSSR count). The van der Waals surface area contributed by atoms with Crippen LogP contribution in [0.1, 0.15) is 25.0 Å². The van der Waals surface area contributed by atoms with E-state index >= 15 is 0 Å². The van der Waals surface area contributed by atoms with Crippen molar-refractivity contribution in [2.75, 3.05) is 10.2 Å². The van der Waals surface area contributed by atoms with Crippen molar-refractivity contribution < 1.29 is 0 Å². The van der Waals surface area contributed by atoms with Gasteiger partial charge in [0.15, 0.2) is 17.5 Å². The maximum absolute atomic E-state index is 4.96. The molecule has 0 spiro atoms. The van der Waals surface area contributed by atoms with E-state index in [1.165, 1.54) is 56.0 Å². The first-order valence-corrected chi connectivity index (χ1v) is 19.3. The summed E-state index contributed by atoms with van der Waals surface area (Å²) in [6, 6.07) is 60.3. The van der Waals surface area contributed by atoms with Gasteiger partial charge < -0.3 is 10.2 Å². The summed E-state index contributed by atoms with van der Waals surface area (Å²) < 4.78 is 0.